The molecular weight excluding hydrogens is 302 g/mol. The summed E-state index contributed by atoms with van der Waals surface area (Å²) in [5, 5.41) is 2.70. The van der Waals surface area contributed by atoms with E-state index in [-0.39, 0.29) is 18.3 Å². The van der Waals surface area contributed by atoms with Gasteiger partial charge in [0.15, 0.2) is 0 Å². The van der Waals surface area contributed by atoms with Crippen molar-refractivity contribution in [1.82, 2.24) is 14.5 Å². The number of nitrogens with one attached hydrogen (secondary N) is 1. The molecule has 0 atom stereocenters. The molecule has 6 nitrogen and oxygen atoms in total. The molecule has 0 saturated heterocycles. The van der Waals surface area contributed by atoms with Gasteiger partial charge in [0.05, 0.1) is 5.75 Å². The molecule has 0 bridgehead atoms. The molecule has 122 valence electrons. The van der Waals surface area contributed by atoms with Crippen LogP contribution in [-0.2, 0) is 23.1 Å². The summed E-state index contributed by atoms with van der Waals surface area (Å²) in [7, 11) is -3.30. The lowest BCUT2D eigenvalue weighted by Crippen LogP contribution is -2.41. The summed E-state index contributed by atoms with van der Waals surface area (Å²) < 4.78 is 25.5. The van der Waals surface area contributed by atoms with Gasteiger partial charge in [-0.05, 0) is 11.1 Å². The fourth-order valence-corrected chi connectivity index (χ4v) is 4.03. The summed E-state index contributed by atoms with van der Waals surface area (Å²) in [6.07, 6.45) is 0. The maximum Gasteiger partial charge on any atom is 0.318 e. The van der Waals surface area contributed by atoms with Crippen LogP contribution in [0.25, 0.3) is 0 Å². The molecule has 0 aromatic heterocycles. The van der Waals surface area contributed by atoms with E-state index in [0.717, 1.165) is 11.1 Å². The zero-order valence-electron chi connectivity index (χ0n) is 13.1. The van der Waals surface area contributed by atoms with E-state index in [4.69, 9.17) is 0 Å². The van der Waals surface area contributed by atoms with Crippen molar-refractivity contribution in [3.63, 3.8) is 0 Å². The second-order valence-electron chi connectivity index (χ2n) is 5.26. The lowest BCUT2D eigenvalue weighted by molar-refractivity contribution is 0.199. The molecule has 0 radical (unpaired) electrons. The summed E-state index contributed by atoms with van der Waals surface area (Å²) >= 11 is 0. The number of amides is 2. The van der Waals surface area contributed by atoms with Crippen molar-refractivity contribution in [3.8, 4) is 0 Å². The van der Waals surface area contributed by atoms with E-state index in [2.05, 4.69) is 5.32 Å². The van der Waals surface area contributed by atoms with Gasteiger partial charge in [-0.15, -0.1) is 0 Å². The Labute approximate surface area is 132 Å². The number of hydrogen-bond acceptors (Lipinski definition) is 3. The van der Waals surface area contributed by atoms with Crippen LogP contribution in [0.15, 0.2) is 24.3 Å². The fraction of sp³-hybridized carbons (Fsp3) is 0.533. The summed E-state index contributed by atoms with van der Waals surface area (Å²) in [6, 6.07) is 7.71. The zero-order valence-corrected chi connectivity index (χ0v) is 13.9. The number of carbonyl (C=O) groups is 1. The fourth-order valence-electron chi connectivity index (χ4n) is 2.62. The first-order chi connectivity index (χ1) is 10.5. The average Bonchev–Trinajstić information content (AvgIpc) is 2.92. The van der Waals surface area contributed by atoms with Gasteiger partial charge in [-0.1, -0.05) is 38.1 Å². The summed E-state index contributed by atoms with van der Waals surface area (Å²) in [6.45, 7) is 5.80. The first kappa shape index (κ1) is 16.8. The van der Waals surface area contributed by atoms with Crippen molar-refractivity contribution >= 4 is 16.1 Å². The Morgan fingerprint density at radius 2 is 1.73 bits per heavy atom. The maximum atomic E-state index is 12.1. The molecule has 0 saturated carbocycles. The number of carbonyl (C=O) groups excluding carboxylic acids is 1. The number of sulfonamides is 1. The third kappa shape index (κ3) is 3.78. The first-order valence-corrected chi connectivity index (χ1v) is 9.16. The van der Waals surface area contributed by atoms with Gasteiger partial charge in [0, 0.05) is 32.7 Å². The molecule has 1 aliphatic rings. The maximum absolute atomic E-state index is 12.1. The smallest absolute Gasteiger partial charge is 0.318 e. The van der Waals surface area contributed by atoms with E-state index in [1.54, 1.807) is 18.7 Å². The molecule has 1 aromatic rings. The third-order valence-corrected chi connectivity index (χ3v) is 5.89. The highest BCUT2D eigenvalue weighted by atomic mass is 32.2. The number of urea groups is 1. The topological polar surface area (TPSA) is 69.7 Å². The Morgan fingerprint density at radius 3 is 2.23 bits per heavy atom. The highest BCUT2D eigenvalue weighted by molar-refractivity contribution is 7.89. The van der Waals surface area contributed by atoms with Crippen LogP contribution in [0.2, 0.25) is 0 Å². The van der Waals surface area contributed by atoms with Gasteiger partial charge in [0.1, 0.15) is 0 Å². The predicted molar refractivity (Wildman–Crippen MR) is 85.8 cm³/mol. The Morgan fingerprint density at radius 1 is 1.18 bits per heavy atom. The number of nitrogens with zero attached hydrogens (tertiary/aromatic N) is 2. The lowest BCUT2D eigenvalue weighted by Gasteiger charge is -2.20. The SMILES string of the molecule is CCN(CC)S(=O)(=O)CCNC(=O)N1Cc2ccccc2C1. The minimum absolute atomic E-state index is 0.0682. The summed E-state index contributed by atoms with van der Waals surface area (Å²) in [4.78, 5) is 13.8. The Balaban J connectivity index is 1.82. The number of benzene rings is 1. The second-order valence-corrected chi connectivity index (χ2v) is 7.35. The van der Waals surface area contributed by atoms with Crippen LogP contribution in [0.5, 0.6) is 0 Å². The molecule has 1 aliphatic heterocycles. The van der Waals surface area contributed by atoms with Crippen molar-refractivity contribution in [2.45, 2.75) is 26.9 Å². The number of rotatable bonds is 6. The van der Waals surface area contributed by atoms with Gasteiger partial charge >= 0.3 is 6.03 Å². The van der Waals surface area contributed by atoms with Crippen molar-refractivity contribution in [2.75, 3.05) is 25.4 Å². The van der Waals surface area contributed by atoms with E-state index in [1.807, 2.05) is 24.3 Å². The van der Waals surface area contributed by atoms with E-state index in [0.29, 0.717) is 26.2 Å². The number of fused-ring (bicyclic) bond motifs is 1. The van der Waals surface area contributed by atoms with Crippen LogP contribution in [0.4, 0.5) is 4.79 Å². The molecule has 7 heteroatoms. The van der Waals surface area contributed by atoms with Gasteiger partial charge in [-0.25, -0.2) is 17.5 Å². The van der Waals surface area contributed by atoms with Gasteiger partial charge < -0.3 is 10.2 Å². The predicted octanol–water partition coefficient (Wildman–Crippen LogP) is 1.38. The highest BCUT2D eigenvalue weighted by Gasteiger charge is 2.23. The second kappa shape index (κ2) is 7.11. The van der Waals surface area contributed by atoms with Crippen LogP contribution in [-0.4, -0.2) is 49.0 Å². The monoisotopic (exact) mass is 325 g/mol. The standard InChI is InChI=1S/C15H23N3O3S/c1-3-18(4-2)22(20,21)10-9-16-15(19)17-11-13-7-5-6-8-14(13)12-17/h5-8H,3-4,9-12H2,1-2H3,(H,16,19). The molecule has 22 heavy (non-hydrogen) atoms. The molecule has 2 amide bonds. The molecule has 0 fully saturated rings. The van der Waals surface area contributed by atoms with Crippen LogP contribution in [0.3, 0.4) is 0 Å². The Hall–Kier alpha value is -1.60. The average molecular weight is 325 g/mol. The van der Waals surface area contributed by atoms with E-state index in [9.17, 15) is 13.2 Å². The van der Waals surface area contributed by atoms with Crippen molar-refractivity contribution in [3.05, 3.63) is 35.4 Å². The van der Waals surface area contributed by atoms with Crippen molar-refractivity contribution < 1.29 is 13.2 Å². The number of hydrogen-bond donors (Lipinski definition) is 1. The van der Waals surface area contributed by atoms with Crippen LogP contribution < -0.4 is 5.32 Å². The van der Waals surface area contributed by atoms with Crippen LogP contribution in [0.1, 0.15) is 25.0 Å². The lowest BCUT2D eigenvalue weighted by atomic mass is 10.1. The largest absolute Gasteiger partial charge is 0.337 e. The Bertz CT molecular complexity index is 602. The Kier molecular flexibility index (Phi) is 5.42. The first-order valence-electron chi connectivity index (χ1n) is 7.55. The van der Waals surface area contributed by atoms with Gasteiger partial charge in [-0.2, -0.15) is 0 Å². The summed E-state index contributed by atoms with van der Waals surface area (Å²) in [5.41, 5.74) is 2.29. The minimum atomic E-state index is -3.30. The van der Waals surface area contributed by atoms with Crippen molar-refractivity contribution in [2.24, 2.45) is 0 Å². The van der Waals surface area contributed by atoms with E-state index in [1.165, 1.54) is 4.31 Å². The van der Waals surface area contributed by atoms with Gasteiger partial charge in [-0.3, -0.25) is 0 Å². The molecule has 1 aromatic carbocycles. The highest BCUT2D eigenvalue weighted by Crippen LogP contribution is 2.21. The van der Waals surface area contributed by atoms with E-state index >= 15 is 0 Å². The van der Waals surface area contributed by atoms with E-state index < -0.39 is 10.0 Å². The minimum Gasteiger partial charge on any atom is -0.337 e. The molecule has 0 aliphatic carbocycles. The van der Waals surface area contributed by atoms with Gasteiger partial charge in [0.25, 0.3) is 0 Å². The molecule has 1 heterocycles. The molecular formula is C15H23N3O3S. The van der Waals surface area contributed by atoms with Crippen LogP contribution in [0, 0.1) is 0 Å². The zero-order chi connectivity index (χ0) is 16.2. The molecule has 2 rings (SSSR count). The molecule has 0 unspecified atom stereocenters. The molecule has 1 N–H and O–H groups in total. The summed E-state index contributed by atoms with van der Waals surface area (Å²) in [5.74, 6) is -0.0682. The van der Waals surface area contributed by atoms with Crippen LogP contribution >= 0.6 is 0 Å². The van der Waals surface area contributed by atoms with Crippen molar-refractivity contribution in [1.29, 1.82) is 0 Å². The van der Waals surface area contributed by atoms with Gasteiger partial charge in [0.2, 0.25) is 10.0 Å². The normalized spacial score (nSPS) is 14.2. The third-order valence-electron chi connectivity index (χ3n) is 3.86. The quantitative estimate of drug-likeness (QED) is 0.859. The molecule has 0 spiro atoms.